The molecular weight excluding hydrogens is 360 g/mol. The van der Waals surface area contributed by atoms with Crippen LogP contribution in [0.2, 0.25) is 0 Å². The number of aromatic nitrogens is 2. The van der Waals surface area contributed by atoms with E-state index in [1.165, 1.54) is 0 Å². The Morgan fingerprint density at radius 3 is 2.96 bits per heavy atom. The summed E-state index contributed by atoms with van der Waals surface area (Å²) in [4.78, 5) is 19.6. The lowest BCUT2D eigenvalue weighted by atomic mass is 10.0. The summed E-state index contributed by atoms with van der Waals surface area (Å²) in [6.45, 7) is 3.53. The fourth-order valence-corrected chi connectivity index (χ4v) is 3.70. The zero-order valence-electron chi connectivity index (χ0n) is 16.0. The number of unbranched alkanes of at least 4 members (excludes halogenated alkanes) is 1. The standard InChI is InChI=1S/C20H28N4O2S/c1-3-4-8-18-19-22-17(14-6-5-7-15(11-14)26-2)12-23(19)9-10-24(18)20(25)16(21)13-27/h5-7,11-12,16,18,27H,3-4,8-10,13,21H2,1-2H3. The van der Waals surface area contributed by atoms with Gasteiger partial charge in [-0.1, -0.05) is 31.9 Å². The molecule has 2 heterocycles. The number of nitrogens with zero attached hydrogens (tertiary/aromatic N) is 3. The first-order valence-corrected chi connectivity index (χ1v) is 10.1. The molecule has 2 aromatic rings. The Hall–Kier alpha value is -1.99. The van der Waals surface area contributed by atoms with Crippen LogP contribution < -0.4 is 10.5 Å². The summed E-state index contributed by atoms with van der Waals surface area (Å²) in [6, 6.07) is 7.27. The normalized spacial score (nSPS) is 17.5. The summed E-state index contributed by atoms with van der Waals surface area (Å²) in [5.41, 5.74) is 7.89. The van der Waals surface area contributed by atoms with Gasteiger partial charge in [0, 0.05) is 30.6 Å². The molecule has 1 aromatic carbocycles. The molecule has 2 unspecified atom stereocenters. The highest BCUT2D eigenvalue weighted by atomic mass is 32.1. The average Bonchev–Trinajstić information content (AvgIpc) is 3.15. The molecule has 6 nitrogen and oxygen atoms in total. The van der Waals surface area contributed by atoms with E-state index in [-0.39, 0.29) is 11.9 Å². The van der Waals surface area contributed by atoms with Crippen molar-refractivity contribution in [3.8, 4) is 17.0 Å². The molecule has 1 amide bonds. The van der Waals surface area contributed by atoms with Crippen molar-refractivity contribution in [2.45, 2.75) is 44.8 Å². The molecule has 1 aromatic heterocycles. The summed E-state index contributed by atoms with van der Waals surface area (Å²) in [5.74, 6) is 2.05. The van der Waals surface area contributed by atoms with Gasteiger partial charge >= 0.3 is 0 Å². The molecular formula is C20H28N4O2S. The topological polar surface area (TPSA) is 73.4 Å². The smallest absolute Gasteiger partial charge is 0.241 e. The van der Waals surface area contributed by atoms with Gasteiger partial charge in [0.15, 0.2) is 0 Å². The van der Waals surface area contributed by atoms with E-state index >= 15 is 0 Å². The molecule has 0 radical (unpaired) electrons. The maximum atomic E-state index is 12.8. The van der Waals surface area contributed by atoms with Gasteiger partial charge in [0.1, 0.15) is 11.6 Å². The molecule has 1 aliphatic rings. The summed E-state index contributed by atoms with van der Waals surface area (Å²) in [7, 11) is 1.66. The fraction of sp³-hybridized carbons (Fsp3) is 0.500. The second kappa shape index (κ2) is 8.80. The van der Waals surface area contributed by atoms with Gasteiger partial charge in [0.05, 0.1) is 24.9 Å². The minimum Gasteiger partial charge on any atom is -0.497 e. The number of hydrogen-bond donors (Lipinski definition) is 2. The number of rotatable bonds is 7. The molecule has 7 heteroatoms. The Labute approximate surface area is 166 Å². The van der Waals surface area contributed by atoms with Crippen molar-refractivity contribution in [1.29, 1.82) is 0 Å². The molecule has 0 saturated carbocycles. The Kier molecular flexibility index (Phi) is 6.44. The number of nitrogens with two attached hydrogens (primary N) is 1. The van der Waals surface area contributed by atoms with Crippen LogP contribution in [0, 0.1) is 0 Å². The van der Waals surface area contributed by atoms with E-state index in [1.807, 2.05) is 29.2 Å². The van der Waals surface area contributed by atoms with Crippen LogP contribution in [-0.2, 0) is 11.3 Å². The number of carbonyl (C=O) groups excluding carboxylic acids is 1. The summed E-state index contributed by atoms with van der Waals surface area (Å²) < 4.78 is 7.50. The third kappa shape index (κ3) is 4.14. The molecule has 3 rings (SSSR count). The van der Waals surface area contributed by atoms with Gasteiger partial charge in [0.25, 0.3) is 0 Å². The second-order valence-electron chi connectivity index (χ2n) is 6.89. The first-order valence-electron chi connectivity index (χ1n) is 9.47. The van der Waals surface area contributed by atoms with E-state index in [0.29, 0.717) is 12.3 Å². The van der Waals surface area contributed by atoms with Gasteiger partial charge in [-0.05, 0) is 18.6 Å². The second-order valence-corrected chi connectivity index (χ2v) is 7.25. The maximum Gasteiger partial charge on any atom is 0.241 e. The molecule has 27 heavy (non-hydrogen) atoms. The first kappa shape index (κ1) is 19.8. The zero-order valence-corrected chi connectivity index (χ0v) is 16.9. The number of carbonyl (C=O) groups is 1. The van der Waals surface area contributed by atoms with Gasteiger partial charge in [-0.2, -0.15) is 12.6 Å². The number of ether oxygens (including phenoxy) is 1. The van der Waals surface area contributed by atoms with Crippen molar-refractivity contribution in [1.82, 2.24) is 14.5 Å². The monoisotopic (exact) mass is 388 g/mol. The van der Waals surface area contributed by atoms with Crippen LogP contribution in [0.15, 0.2) is 30.5 Å². The van der Waals surface area contributed by atoms with Gasteiger partial charge in [-0.3, -0.25) is 4.79 Å². The number of thiol groups is 1. The van der Waals surface area contributed by atoms with Crippen LogP contribution in [0.25, 0.3) is 11.3 Å². The lowest BCUT2D eigenvalue weighted by Gasteiger charge is -2.37. The molecule has 0 fully saturated rings. The van der Waals surface area contributed by atoms with Gasteiger partial charge in [-0.15, -0.1) is 0 Å². The summed E-state index contributed by atoms with van der Waals surface area (Å²) in [6.07, 6.45) is 5.06. The Balaban J connectivity index is 1.94. The van der Waals surface area contributed by atoms with Crippen LogP contribution >= 0.6 is 12.6 Å². The van der Waals surface area contributed by atoms with E-state index < -0.39 is 6.04 Å². The van der Waals surface area contributed by atoms with Crippen molar-refractivity contribution < 1.29 is 9.53 Å². The van der Waals surface area contributed by atoms with E-state index in [9.17, 15) is 4.79 Å². The Bertz CT molecular complexity index is 792. The third-order valence-electron chi connectivity index (χ3n) is 5.06. The number of imidazole rings is 1. The number of benzene rings is 1. The molecule has 0 saturated heterocycles. The van der Waals surface area contributed by atoms with Gasteiger partial charge in [-0.25, -0.2) is 4.98 Å². The van der Waals surface area contributed by atoms with Crippen LogP contribution in [0.4, 0.5) is 0 Å². The maximum absolute atomic E-state index is 12.8. The van der Waals surface area contributed by atoms with Crippen molar-refractivity contribution in [3.05, 3.63) is 36.3 Å². The number of amides is 1. The molecule has 0 bridgehead atoms. The largest absolute Gasteiger partial charge is 0.497 e. The van der Waals surface area contributed by atoms with Crippen LogP contribution in [0.5, 0.6) is 5.75 Å². The SMILES string of the molecule is CCCCC1c2nc(-c3cccc(OC)c3)cn2CCN1C(=O)C(N)CS. The number of hydrogen-bond acceptors (Lipinski definition) is 5. The van der Waals surface area contributed by atoms with E-state index in [4.69, 9.17) is 15.5 Å². The highest BCUT2D eigenvalue weighted by Gasteiger charge is 2.34. The van der Waals surface area contributed by atoms with Gasteiger partial charge in [0.2, 0.25) is 5.91 Å². The highest BCUT2D eigenvalue weighted by molar-refractivity contribution is 7.80. The minimum absolute atomic E-state index is 0.0386. The molecule has 146 valence electrons. The molecule has 1 aliphatic heterocycles. The zero-order chi connectivity index (χ0) is 19.4. The Morgan fingerprint density at radius 2 is 2.26 bits per heavy atom. The van der Waals surface area contributed by atoms with Crippen molar-refractivity contribution in [3.63, 3.8) is 0 Å². The molecule has 2 N–H and O–H groups in total. The summed E-state index contributed by atoms with van der Waals surface area (Å²) in [5, 5.41) is 0. The quantitative estimate of drug-likeness (QED) is 0.716. The van der Waals surface area contributed by atoms with E-state index in [2.05, 4.69) is 30.3 Å². The van der Waals surface area contributed by atoms with Crippen molar-refractivity contribution in [2.24, 2.45) is 5.73 Å². The summed E-state index contributed by atoms with van der Waals surface area (Å²) >= 11 is 4.20. The van der Waals surface area contributed by atoms with E-state index in [1.54, 1.807) is 7.11 Å². The predicted molar refractivity (Wildman–Crippen MR) is 110 cm³/mol. The van der Waals surface area contributed by atoms with Gasteiger partial charge < -0.3 is 19.9 Å². The number of fused-ring (bicyclic) bond motifs is 1. The van der Waals surface area contributed by atoms with Crippen molar-refractivity contribution in [2.75, 3.05) is 19.4 Å². The molecule has 0 aliphatic carbocycles. The lowest BCUT2D eigenvalue weighted by molar-refractivity contribution is -0.136. The lowest BCUT2D eigenvalue weighted by Crippen LogP contribution is -2.50. The molecule has 0 spiro atoms. The highest BCUT2D eigenvalue weighted by Crippen LogP contribution is 2.33. The number of methoxy groups -OCH3 is 1. The van der Waals surface area contributed by atoms with E-state index in [0.717, 1.165) is 48.6 Å². The predicted octanol–water partition coefficient (Wildman–Crippen LogP) is 2.89. The Morgan fingerprint density at radius 1 is 1.44 bits per heavy atom. The van der Waals surface area contributed by atoms with Crippen molar-refractivity contribution >= 4 is 18.5 Å². The van der Waals surface area contributed by atoms with Crippen LogP contribution in [0.3, 0.4) is 0 Å². The van der Waals surface area contributed by atoms with Crippen LogP contribution in [0.1, 0.15) is 38.1 Å². The average molecular weight is 389 g/mol. The fourth-order valence-electron chi connectivity index (χ4n) is 3.54. The first-order chi connectivity index (χ1) is 13.1. The van der Waals surface area contributed by atoms with Crippen LogP contribution in [-0.4, -0.2) is 45.8 Å². The minimum atomic E-state index is -0.572. The third-order valence-corrected chi connectivity index (χ3v) is 5.45. The molecule has 2 atom stereocenters.